The molecule has 1 saturated carbocycles. The van der Waals surface area contributed by atoms with Gasteiger partial charge in [0.05, 0.1) is 13.5 Å². The molecule has 2 rings (SSSR count). The minimum absolute atomic E-state index is 0.0418. The first-order valence-electron chi connectivity index (χ1n) is 7.03. The maximum atomic E-state index is 11.1. The summed E-state index contributed by atoms with van der Waals surface area (Å²) in [6.07, 6.45) is 2.36. The first kappa shape index (κ1) is 15.2. The number of rotatable bonds is 6. The van der Waals surface area contributed by atoms with Gasteiger partial charge in [-0.15, -0.1) is 0 Å². The summed E-state index contributed by atoms with van der Waals surface area (Å²) in [5.41, 5.74) is 1.98. The fourth-order valence-corrected chi connectivity index (χ4v) is 3.24. The zero-order valence-electron chi connectivity index (χ0n) is 12.1. The molecule has 1 aliphatic carbocycles. The number of carbonyl (C=O) groups is 1. The van der Waals surface area contributed by atoms with Gasteiger partial charge in [0.25, 0.3) is 0 Å². The Hall–Kier alpha value is -1.22. The molecule has 1 aromatic rings. The van der Waals surface area contributed by atoms with Crippen LogP contribution in [0.2, 0.25) is 5.02 Å². The van der Waals surface area contributed by atoms with Gasteiger partial charge in [-0.25, -0.2) is 0 Å². The van der Waals surface area contributed by atoms with Crippen molar-refractivity contribution in [3.8, 4) is 5.75 Å². The number of aliphatic carboxylic acids is 1. The van der Waals surface area contributed by atoms with E-state index >= 15 is 0 Å². The molecular weight excluding hydrogens is 276 g/mol. The molecule has 1 atom stereocenters. The summed E-state index contributed by atoms with van der Waals surface area (Å²) in [5, 5.41) is 9.77. The molecule has 0 radical (unpaired) electrons. The second-order valence-electron chi connectivity index (χ2n) is 5.82. The van der Waals surface area contributed by atoms with E-state index in [2.05, 4.69) is 13.8 Å². The molecule has 0 aromatic heterocycles. The van der Waals surface area contributed by atoms with E-state index in [1.807, 2.05) is 12.1 Å². The normalized spacial score (nSPS) is 16.2. The van der Waals surface area contributed by atoms with E-state index < -0.39 is 5.97 Å². The smallest absolute Gasteiger partial charge is 0.303 e. The number of hydrogen-bond acceptors (Lipinski definition) is 2. The summed E-state index contributed by atoms with van der Waals surface area (Å²) < 4.78 is 5.45. The molecule has 0 spiro atoms. The van der Waals surface area contributed by atoms with Gasteiger partial charge >= 0.3 is 5.97 Å². The predicted octanol–water partition coefficient (Wildman–Crippen LogP) is 4.44. The molecule has 3 nitrogen and oxygen atoms in total. The van der Waals surface area contributed by atoms with Crippen LogP contribution in [0.25, 0.3) is 0 Å². The second kappa shape index (κ2) is 6.04. The van der Waals surface area contributed by atoms with E-state index in [0.29, 0.717) is 10.9 Å². The summed E-state index contributed by atoms with van der Waals surface area (Å²) in [6, 6.07) is 3.89. The highest BCUT2D eigenvalue weighted by molar-refractivity contribution is 6.31. The Labute approximate surface area is 124 Å². The molecule has 1 aromatic carbocycles. The van der Waals surface area contributed by atoms with Gasteiger partial charge in [0.15, 0.2) is 0 Å². The molecule has 0 saturated heterocycles. The van der Waals surface area contributed by atoms with Crippen LogP contribution in [0.4, 0.5) is 0 Å². The highest BCUT2D eigenvalue weighted by Gasteiger charge is 2.34. The first-order valence-corrected chi connectivity index (χ1v) is 7.41. The maximum Gasteiger partial charge on any atom is 0.303 e. The van der Waals surface area contributed by atoms with Crippen molar-refractivity contribution in [3.05, 3.63) is 28.3 Å². The van der Waals surface area contributed by atoms with Gasteiger partial charge < -0.3 is 9.84 Å². The van der Waals surface area contributed by atoms with Gasteiger partial charge in [0.1, 0.15) is 5.75 Å². The minimum Gasteiger partial charge on any atom is -0.496 e. The zero-order valence-corrected chi connectivity index (χ0v) is 12.9. The average Bonchev–Trinajstić information content (AvgIpc) is 3.18. The number of benzene rings is 1. The van der Waals surface area contributed by atoms with Gasteiger partial charge in [-0.1, -0.05) is 25.4 Å². The van der Waals surface area contributed by atoms with Gasteiger partial charge in [-0.2, -0.15) is 0 Å². The molecule has 110 valence electrons. The predicted molar refractivity (Wildman–Crippen MR) is 79.8 cm³/mol. The van der Waals surface area contributed by atoms with E-state index in [1.54, 1.807) is 7.11 Å². The van der Waals surface area contributed by atoms with Gasteiger partial charge in [-0.3, -0.25) is 4.79 Å². The SMILES string of the molecule is COc1cc(C(CC(=O)O)C2CC2)cc(Cl)c1C(C)C. The minimum atomic E-state index is -0.759. The third kappa shape index (κ3) is 3.26. The summed E-state index contributed by atoms with van der Waals surface area (Å²) >= 11 is 6.39. The number of methoxy groups -OCH3 is 1. The van der Waals surface area contributed by atoms with Gasteiger partial charge in [0, 0.05) is 10.6 Å². The molecule has 0 bridgehead atoms. The molecule has 1 aliphatic rings. The topological polar surface area (TPSA) is 46.5 Å². The van der Waals surface area contributed by atoms with Crippen LogP contribution < -0.4 is 4.74 Å². The van der Waals surface area contributed by atoms with E-state index in [-0.39, 0.29) is 18.3 Å². The summed E-state index contributed by atoms with van der Waals surface area (Å²) in [4.78, 5) is 11.1. The molecule has 0 aliphatic heterocycles. The van der Waals surface area contributed by atoms with Crippen molar-refractivity contribution in [3.63, 3.8) is 0 Å². The number of carboxylic acid groups (broad SMARTS) is 1. The van der Waals surface area contributed by atoms with Crippen LogP contribution in [0.1, 0.15) is 56.1 Å². The average molecular weight is 297 g/mol. The van der Waals surface area contributed by atoms with Crippen molar-refractivity contribution in [1.29, 1.82) is 0 Å². The molecule has 1 fully saturated rings. The van der Waals surface area contributed by atoms with Crippen molar-refractivity contribution in [2.45, 2.75) is 44.9 Å². The molecule has 0 amide bonds. The van der Waals surface area contributed by atoms with Crippen LogP contribution in [-0.2, 0) is 4.79 Å². The molecule has 20 heavy (non-hydrogen) atoms. The highest BCUT2D eigenvalue weighted by Crippen LogP contribution is 2.47. The Morgan fingerprint density at radius 3 is 2.55 bits per heavy atom. The van der Waals surface area contributed by atoms with E-state index in [9.17, 15) is 4.79 Å². The summed E-state index contributed by atoms with van der Waals surface area (Å²) in [7, 11) is 1.63. The summed E-state index contributed by atoms with van der Waals surface area (Å²) in [6.45, 7) is 4.14. The fourth-order valence-electron chi connectivity index (χ4n) is 2.80. The lowest BCUT2D eigenvalue weighted by atomic mass is 9.88. The third-order valence-electron chi connectivity index (χ3n) is 3.92. The first-order chi connectivity index (χ1) is 9.43. The molecule has 1 N–H and O–H groups in total. The Morgan fingerprint density at radius 2 is 2.10 bits per heavy atom. The fraction of sp³-hybridized carbons (Fsp3) is 0.562. The van der Waals surface area contributed by atoms with Crippen LogP contribution in [0.15, 0.2) is 12.1 Å². The van der Waals surface area contributed by atoms with Crippen LogP contribution in [0.5, 0.6) is 5.75 Å². The standard InChI is InChI=1S/C16H21ClO3/c1-9(2)16-13(17)6-11(7-14(16)20-3)12(8-15(18)19)10-4-5-10/h6-7,9-10,12H,4-5,8H2,1-3H3,(H,18,19). The monoisotopic (exact) mass is 296 g/mol. The van der Waals surface area contributed by atoms with Crippen molar-refractivity contribution in [2.24, 2.45) is 5.92 Å². The molecule has 4 heteroatoms. The van der Waals surface area contributed by atoms with Gasteiger partial charge in [0.2, 0.25) is 0 Å². The highest BCUT2D eigenvalue weighted by atomic mass is 35.5. The van der Waals surface area contributed by atoms with E-state index in [4.69, 9.17) is 21.4 Å². The van der Waals surface area contributed by atoms with E-state index in [0.717, 1.165) is 29.7 Å². The van der Waals surface area contributed by atoms with Crippen molar-refractivity contribution >= 4 is 17.6 Å². The number of carboxylic acids is 1. The lowest BCUT2D eigenvalue weighted by molar-refractivity contribution is -0.137. The van der Waals surface area contributed by atoms with E-state index in [1.165, 1.54) is 0 Å². The van der Waals surface area contributed by atoms with Gasteiger partial charge in [-0.05, 0) is 48.3 Å². The number of halogens is 1. The Bertz CT molecular complexity index is 507. The quantitative estimate of drug-likeness (QED) is 0.844. The van der Waals surface area contributed by atoms with Crippen molar-refractivity contribution in [2.75, 3.05) is 7.11 Å². The van der Waals surface area contributed by atoms with Crippen LogP contribution >= 0.6 is 11.6 Å². The summed E-state index contributed by atoms with van der Waals surface area (Å²) in [5.74, 6) is 0.783. The van der Waals surface area contributed by atoms with Crippen LogP contribution in [-0.4, -0.2) is 18.2 Å². The zero-order chi connectivity index (χ0) is 14.9. The molecule has 0 heterocycles. The van der Waals surface area contributed by atoms with Crippen LogP contribution in [0, 0.1) is 5.92 Å². The molecular formula is C16H21ClO3. The molecule has 1 unspecified atom stereocenters. The lowest BCUT2D eigenvalue weighted by Crippen LogP contribution is -2.09. The van der Waals surface area contributed by atoms with Crippen LogP contribution in [0.3, 0.4) is 0 Å². The Morgan fingerprint density at radius 1 is 1.45 bits per heavy atom. The number of ether oxygens (including phenoxy) is 1. The third-order valence-corrected chi connectivity index (χ3v) is 4.24. The Kier molecular flexibility index (Phi) is 4.59. The Balaban J connectivity index is 2.40. The largest absolute Gasteiger partial charge is 0.496 e. The van der Waals surface area contributed by atoms with Crippen molar-refractivity contribution < 1.29 is 14.6 Å². The lowest BCUT2D eigenvalue weighted by Gasteiger charge is -2.20. The number of hydrogen-bond donors (Lipinski definition) is 1. The van der Waals surface area contributed by atoms with Crippen molar-refractivity contribution in [1.82, 2.24) is 0 Å². The maximum absolute atomic E-state index is 11.1. The second-order valence-corrected chi connectivity index (χ2v) is 6.22.